The average Bonchev–Trinajstić information content (AvgIpc) is 2.38. The standard InChI is InChI=1S/C14H18ClNO/c15-12-6-3-5-10(8-12)14(17)13-7-2-1-4-11(13)9-16/h3,5-6,8,11,13H,1-2,4,7,9,16H2. The molecule has 1 aromatic carbocycles. The third kappa shape index (κ3) is 2.88. The van der Waals surface area contributed by atoms with E-state index in [4.69, 9.17) is 17.3 Å². The smallest absolute Gasteiger partial charge is 0.166 e. The quantitative estimate of drug-likeness (QED) is 0.838. The molecule has 17 heavy (non-hydrogen) atoms. The molecule has 1 saturated carbocycles. The second-order valence-corrected chi connectivity index (χ2v) is 5.20. The van der Waals surface area contributed by atoms with Gasteiger partial charge in [-0.05, 0) is 37.4 Å². The van der Waals surface area contributed by atoms with Crippen molar-refractivity contribution in [3.05, 3.63) is 34.9 Å². The Morgan fingerprint density at radius 3 is 2.82 bits per heavy atom. The molecule has 0 bridgehead atoms. The normalized spacial score (nSPS) is 24.6. The van der Waals surface area contributed by atoms with Crippen LogP contribution in [-0.2, 0) is 0 Å². The van der Waals surface area contributed by atoms with Crippen LogP contribution >= 0.6 is 11.6 Å². The molecule has 1 aliphatic rings. The highest BCUT2D eigenvalue weighted by molar-refractivity contribution is 6.31. The fourth-order valence-corrected chi connectivity index (χ4v) is 2.88. The van der Waals surface area contributed by atoms with Gasteiger partial charge < -0.3 is 5.73 Å². The van der Waals surface area contributed by atoms with Gasteiger partial charge in [0.25, 0.3) is 0 Å². The van der Waals surface area contributed by atoms with Crippen molar-refractivity contribution in [1.82, 2.24) is 0 Å². The van der Waals surface area contributed by atoms with Crippen LogP contribution in [-0.4, -0.2) is 12.3 Å². The van der Waals surface area contributed by atoms with Gasteiger partial charge in [-0.2, -0.15) is 0 Å². The van der Waals surface area contributed by atoms with Gasteiger partial charge in [0.15, 0.2) is 5.78 Å². The predicted octanol–water partition coefficient (Wildman–Crippen LogP) is 3.29. The van der Waals surface area contributed by atoms with Gasteiger partial charge in [-0.3, -0.25) is 4.79 Å². The fourth-order valence-electron chi connectivity index (χ4n) is 2.69. The first-order chi connectivity index (χ1) is 8.22. The zero-order chi connectivity index (χ0) is 12.3. The van der Waals surface area contributed by atoms with Crippen LogP contribution in [0.3, 0.4) is 0 Å². The summed E-state index contributed by atoms with van der Waals surface area (Å²) in [6.07, 6.45) is 4.37. The molecule has 2 unspecified atom stereocenters. The summed E-state index contributed by atoms with van der Waals surface area (Å²) in [5.41, 5.74) is 6.49. The van der Waals surface area contributed by atoms with Crippen LogP contribution in [0.1, 0.15) is 36.0 Å². The van der Waals surface area contributed by atoms with E-state index < -0.39 is 0 Å². The Labute approximate surface area is 107 Å². The molecule has 0 saturated heterocycles. The van der Waals surface area contributed by atoms with Crippen LogP contribution in [0.25, 0.3) is 0 Å². The van der Waals surface area contributed by atoms with E-state index >= 15 is 0 Å². The summed E-state index contributed by atoms with van der Waals surface area (Å²) in [5, 5.41) is 0.621. The summed E-state index contributed by atoms with van der Waals surface area (Å²) in [6, 6.07) is 7.22. The van der Waals surface area contributed by atoms with Crippen molar-refractivity contribution in [2.45, 2.75) is 25.7 Å². The highest BCUT2D eigenvalue weighted by atomic mass is 35.5. The maximum absolute atomic E-state index is 12.4. The van der Waals surface area contributed by atoms with Crippen LogP contribution in [0.4, 0.5) is 0 Å². The summed E-state index contributed by atoms with van der Waals surface area (Å²) in [5.74, 6) is 0.644. The number of rotatable bonds is 3. The molecular weight excluding hydrogens is 234 g/mol. The van der Waals surface area contributed by atoms with Crippen molar-refractivity contribution >= 4 is 17.4 Å². The number of benzene rings is 1. The number of halogens is 1. The maximum atomic E-state index is 12.4. The Kier molecular flexibility index (Phi) is 4.19. The van der Waals surface area contributed by atoms with Crippen molar-refractivity contribution in [1.29, 1.82) is 0 Å². The molecule has 1 aromatic rings. The van der Waals surface area contributed by atoms with E-state index in [9.17, 15) is 4.79 Å². The molecular formula is C14H18ClNO. The van der Waals surface area contributed by atoms with Crippen molar-refractivity contribution < 1.29 is 4.79 Å². The SMILES string of the molecule is NCC1CCCCC1C(=O)c1cccc(Cl)c1. The Morgan fingerprint density at radius 2 is 2.12 bits per heavy atom. The van der Waals surface area contributed by atoms with Gasteiger partial charge in [-0.1, -0.05) is 36.6 Å². The number of carbonyl (C=O) groups is 1. The van der Waals surface area contributed by atoms with Gasteiger partial charge in [0.1, 0.15) is 0 Å². The van der Waals surface area contributed by atoms with Gasteiger partial charge in [0, 0.05) is 16.5 Å². The first-order valence-corrected chi connectivity index (χ1v) is 6.60. The van der Waals surface area contributed by atoms with E-state index in [0.29, 0.717) is 17.5 Å². The molecule has 3 heteroatoms. The highest BCUT2D eigenvalue weighted by Crippen LogP contribution is 2.32. The Hall–Kier alpha value is -0.860. The van der Waals surface area contributed by atoms with Crippen LogP contribution < -0.4 is 5.73 Å². The summed E-state index contributed by atoms with van der Waals surface area (Å²) >= 11 is 5.92. The molecule has 0 amide bonds. The molecule has 2 atom stereocenters. The molecule has 1 aliphatic carbocycles. The van der Waals surface area contributed by atoms with Crippen LogP contribution in [0, 0.1) is 11.8 Å². The minimum Gasteiger partial charge on any atom is -0.330 e. The topological polar surface area (TPSA) is 43.1 Å². The summed E-state index contributed by atoms with van der Waals surface area (Å²) in [6.45, 7) is 0.608. The van der Waals surface area contributed by atoms with Gasteiger partial charge in [0.2, 0.25) is 0 Å². The zero-order valence-corrected chi connectivity index (χ0v) is 10.6. The largest absolute Gasteiger partial charge is 0.330 e. The molecule has 0 radical (unpaired) electrons. The maximum Gasteiger partial charge on any atom is 0.166 e. The minimum atomic E-state index is 0.0900. The molecule has 0 spiro atoms. The van der Waals surface area contributed by atoms with Gasteiger partial charge >= 0.3 is 0 Å². The Balaban J connectivity index is 2.18. The first-order valence-electron chi connectivity index (χ1n) is 6.22. The molecule has 2 N–H and O–H groups in total. The van der Waals surface area contributed by atoms with Crippen molar-refractivity contribution in [3.8, 4) is 0 Å². The van der Waals surface area contributed by atoms with Crippen molar-refractivity contribution in [3.63, 3.8) is 0 Å². The second kappa shape index (κ2) is 5.65. The number of carbonyl (C=O) groups excluding carboxylic acids is 1. The lowest BCUT2D eigenvalue weighted by Crippen LogP contribution is -2.32. The summed E-state index contributed by atoms with van der Waals surface area (Å²) < 4.78 is 0. The number of hydrogen-bond acceptors (Lipinski definition) is 2. The van der Waals surface area contributed by atoms with E-state index in [0.717, 1.165) is 24.8 Å². The summed E-state index contributed by atoms with van der Waals surface area (Å²) in [4.78, 5) is 12.4. The van der Waals surface area contributed by atoms with E-state index in [-0.39, 0.29) is 11.7 Å². The lowest BCUT2D eigenvalue weighted by Gasteiger charge is -2.29. The lowest BCUT2D eigenvalue weighted by molar-refractivity contribution is 0.0829. The third-order valence-corrected chi connectivity index (χ3v) is 3.89. The molecule has 0 aliphatic heterocycles. The fraction of sp³-hybridized carbons (Fsp3) is 0.500. The van der Waals surface area contributed by atoms with Crippen molar-refractivity contribution in [2.24, 2.45) is 17.6 Å². The minimum absolute atomic E-state index is 0.0900. The monoisotopic (exact) mass is 251 g/mol. The Morgan fingerprint density at radius 1 is 1.35 bits per heavy atom. The van der Waals surface area contributed by atoms with Crippen LogP contribution in [0.15, 0.2) is 24.3 Å². The van der Waals surface area contributed by atoms with Gasteiger partial charge in [0.05, 0.1) is 0 Å². The predicted molar refractivity (Wildman–Crippen MR) is 70.3 cm³/mol. The first kappa shape index (κ1) is 12.6. The number of nitrogens with two attached hydrogens (primary N) is 1. The van der Waals surface area contributed by atoms with Crippen molar-refractivity contribution in [2.75, 3.05) is 6.54 Å². The average molecular weight is 252 g/mol. The molecule has 92 valence electrons. The number of Topliss-reactive ketones (excluding diaryl/α,β-unsaturated/α-hetero) is 1. The van der Waals surface area contributed by atoms with Gasteiger partial charge in [-0.15, -0.1) is 0 Å². The Bertz CT molecular complexity index is 405. The molecule has 1 fully saturated rings. The van der Waals surface area contributed by atoms with E-state index in [1.54, 1.807) is 12.1 Å². The van der Waals surface area contributed by atoms with E-state index in [2.05, 4.69) is 0 Å². The third-order valence-electron chi connectivity index (χ3n) is 3.66. The zero-order valence-electron chi connectivity index (χ0n) is 9.86. The highest BCUT2D eigenvalue weighted by Gasteiger charge is 2.30. The molecule has 0 heterocycles. The molecule has 2 rings (SSSR count). The molecule has 2 nitrogen and oxygen atoms in total. The number of ketones is 1. The van der Waals surface area contributed by atoms with Crippen LogP contribution in [0.2, 0.25) is 5.02 Å². The van der Waals surface area contributed by atoms with E-state index in [1.165, 1.54) is 6.42 Å². The summed E-state index contributed by atoms with van der Waals surface area (Å²) in [7, 11) is 0. The van der Waals surface area contributed by atoms with Crippen LogP contribution in [0.5, 0.6) is 0 Å². The van der Waals surface area contributed by atoms with Gasteiger partial charge in [-0.25, -0.2) is 0 Å². The lowest BCUT2D eigenvalue weighted by atomic mass is 9.75. The van der Waals surface area contributed by atoms with E-state index in [1.807, 2.05) is 12.1 Å². The number of hydrogen-bond donors (Lipinski definition) is 1. The molecule has 0 aromatic heterocycles. The second-order valence-electron chi connectivity index (χ2n) is 4.76.